The SMILES string of the molecule is CN(C)C(=O)Nc1ccc2c(c1)CCC(=O)N2. The minimum atomic E-state index is -0.162. The Morgan fingerprint density at radius 3 is 2.82 bits per heavy atom. The minimum Gasteiger partial charge on any atom is -0.331 e. The van der Waals surface area contributed by atoms with Gasteiger partial charge in [-0.05, 0) is 30.2 Å². The second-order valence-electron chi connectivity index (χ2n) is 4.24. The minimum absolute atomic E-state index is 0.0441. The van der Waals surface area contributed by atoms with Crippen molar-refractivity contribution in [3.63, 3.8) is 0 Å². The molecular weight excluding hydrogens is 218 g/mol. The summed E-state index contributed by atoms with van der Waals surface area (Å²) in [6, 6.07) is 5.34. The lowest BCUT2D eigenvalue weighted by atomic mass is 10.0. The van der Waals surface area contributed by atoms with Crippen LogP contribution in [-0.2, 0) is 11.2 Å². The monoisotopic (exact) mass is 233 g/mol. The molecule has 1 aliphatic rings. The average Bonchev–Trinajstić information content (AvgIpc) is 2.29. The number of fused-ring (bicyclic) bond motifs is 1. The predicted octanol–water partition coefficient (Wildman–Crippen LogP) is 1.66. The van der Waals surface area contributed by atoms with Gasteiger partial charge in [0.05, 0.1) is 0 Å². The highest BCUT2D eigenvalue weighted by Gasteiger charge is 2.15. The largest absolute Gasteiger partial charge is 0.331 e. The number of nitrogens with zero attached hydrogens (tertiary/aromatic N) is 1. The Morgan fingerprint density at radius 2 is 2.12 bits per heavy atom. The van der Waals surface area contributed by atoms with Gasteiger partial charge in [0.15, 0.2) is 0 Å². The Labute approximate surface area is 99.8 Å². The molecule has 2 rings (SSSR count). The van der Waals surface area contributed by atoms with Crippen LogP contribution in [0.3, 0.4) is 0 Å². The fourth-order valence-electron chi connectivity index (χ4n) is 1.70. The second kappa shape index (κ2) is 4.45. The van der Waals surface area contributed by atoms with Crippen LogP contribution in [0.5, 0.6) is 0 Å². The maximum atomic E-state index is 11.5. The van der Waals surface area contributed by atoms with Crippen LogP contribution in [0.15, 0.2) is 18.2 Å². The van der Waals surface area contributed by atoms with Gasteiger partial charge in [-0.25, -0.2) is 4.79 Å². The lowest BCUT2D eigenvalue weighted by Crippen LogP contribution is -2.27. The van der Waals surface area contributed by atoms with Crippen molar-refractivity contribution >= 4 is 23.3 Å². The van der Waals surface area contributed by atoms with E-state index in [0.717, 1.165) is 16.9 Å². The van der Waals surface area contributed by atoms with Gasteiger partial charge in [-0.3, -0.25) is 4.79 Å². The summed E-state index contributed by atoms with van der Waals surface area (Å²) >= 11 is 0. The Hall–Kier alpha value is -2.04. The zero-order valence-corrected chi connectivity index (χ0v) is 9.91. The van der Waals surface area contributed by atoms with Crippen molar-refractivity contribution < 1.29 is 9.59 Å². The third-order valence-electron chi connectivity index (χ3n) is 2.66. The number of amides is 3. The molecule has 0 spiro atoms. The quantitative estimate of drug-likeness (QED) is 0.775. The zero-order valence-electron chi connectivity index (χ0n) is 9.91. The molecule has 1 heterocycles. The van der Waals surface area contributed by atoms with E-state index in [2.05, 4.69) is 10.6 Å². The molecule has 5 heteroatoms. The van der Waals surface area contributed by atoms with E-state index < -0.39 is 0 Å². The van der Waals surface area contributed by atoms with Crippen molar-refractivity contribution in [1.82, 2.24) is 4.90 Å². The van der Waals surface area contributed by atoms with Gasteiger partial charge in [0.2, 0.25) is 5.91 Å². The summed E-state index contributed by atoms with van der Waals surface area (Å²) in [5, 5.41) is 5.58. The van der Waals surface area contributed by atoms with Crippen molar-refractivity contribution in [3.05, 3.63) is 23.8 Å². The van der Waals surface area contributed by atoms with E-state index in [1.54, 1.807) is 20.2 Å². The highest BCUT2D eigenvalue weighted by Crippen LogP contribution is 2.25. The van der Waals surface area contributed by atoms with Gasteiger partial charge in [0.1, 0.15) is 0 Å². The van der Waals surface area contributed by atoms with Crippen LogP contribution in [-0.4, -0.2) is 30.9 Å². The first kappa shape index (κ1) is 11.4. The van der Waals surface area contributed by atoms with Crippen LogP contribution >= 0.6 is 0 Å². The van der Waals surface area contributed by atoms with Gasteiger partial charge in [-0.2, -0.15) is 0 Å². The smallest absolute Gasteiger partial charge is 0.321 e. The van der Waals surface area contributed by atoms with Crippen molar-refractivity contribution in [2.75, 3.05) is 24.7 Å². The van der Waals surface area contributed by atoms with Crippen LogP contribution in [0.2, 0.25) is 0 Å². The van der Waals surface area contributed by atoms with E-state index in [4.69, 9.17) is 0 Å². The lowest BCUT2D eigenvalue weighted by Gasteiger charge is -2.18. The Bertz CT molecular complexity index is 469. The molecule has 1 aromatic carbocycles. The van der Waals surface area contributed by atoms with E-state index in [1.807, 2.05) is 12.1 Å². The molecule has 1 aliphatic heterocycles. The Morgan fingerprint density at radius 1 is 1.35 bits per heavy atom. The number of rotatable bonds is 1. The fourth-order valence-corrected chi connectivity index (χ4v) is 1.70. The molecule has 0 atom stereocenters. The number of hydrogen-bond acceptors (Lipinski definition) is 2. The molecule has 3 amide bonds. The molecule has 0 unspecified atom stereocenters. The molecular formula is C12H15N3O2. The fraction of sp³-hybridized carbons (Fsp3) is 0.333. The molecule has 0 radical (unpaired) electrons. The van der Waals surface area contributed by atoms with E-state index in [1.165, 1.54) is 4.90 Å². The molecule has 1 aromatic rings. The first-order valence-electron chi connectivity index (χ1n) is 5.47. The molecule has 2 N–H and O–H groups in total. The summed E-state index contributed by atoms with van der Waals surface area (Å²) in [6.07, 6.45) is 1.21. The lowest BCUT2D eigenvalue weighted by molar-refractivity contribution is -0.116. The van der Waals surface area contributed by atoms with Gasteiger partial charge in [-0.1, -0.05) is 0 Å². The molecule has 0 fully saturated rings. The molecule has 5 nitrogen and oxygen atoms in total. The summed E-state index contributed by atoms with van der Waals surface area (Å²) < 4.78 is 0. The van der Waals surface area contributed by atoms with Crippen LogP contribution in [0.4, 0.5) is 16.2 Å². The van der Waals surface area contributed by atoms with Gasteiger partial charge in [-0.15, -0.1) is 0 Å². The van der Waals surface area contributed by atoms with Crippen LogP contribution in [0.25, 0.3) is 0 Å². The number of aryl methyl sites for hydroxylation is 1. The number of hydrogen-bond donors (Lipinski definition) is 2. The van der Waals surface area contributed by atoms with E-state index in [0.29, 0.717) is 12.8 Å². The summed E-state index contributed by atoms with van der Waals surface area (Å²) in [5.41, 5.74) is 2.64. The van der Waals surface area contributed by atoms with Crippen molar-refractivity contribution in [2.24, 2.45) is 0 Å². The average molecular weight is 233 g/mol. The molecule has 0 aromatic heterocycles. The van der Waals surface area contributed by atoms with E-state index >= 15 is 0 Å². The highest BCUT2D eigenvalue weighted by molar-refractivity contribution is 5.95. The molecule has 0 saturated heterocycles. The Kier molecular flexibility index (Phi) is 2.99. The summed E-state index contributed by atoms with van der Waals surface area (Å²) in [7, 11) is 3.38. The van der Waals surface area contributed by atoms with E-state index in [-0.39, 0.29) is 11.9 Å². The summed E-state index contributed by atoms with van der Waals surface area (Å²) in [6.45, 7) is 0. The third-order valence-corrected chi connectivity index (χ3v) is 2.66. The van der Waals surface area contributed by atoms with Gasteiger partial charge in [0.25, 0.3) is 0 Å². The predicted molar refractivity (Wildman–Crippen MR) is 66.1 cm³/mol. The van der Waals surface area contributed by atoms with Gasteiger partial charge >= 0.3 is 6.03 Å². The molecule has 0 bridgehead atoms. The molecule has 0 saturated carbocycles. The number of carbonyl (C=O) groups is 2. The maximum absolute atomic E-state index is 11.5. The summed E-state index contributed by atoms with van der Waals surface area (Å²) in [4.78, 5) is 24.1. The number of benzene rings is 1. The number of anilines is 2. The Balaban J connectivity index is 2.17. The van der Waals surface area contributed by atoms with Gasteiger partial charge in [0, 0.05) is 31.9 Å². The standard InChI is InChI=1S/C12H15N3O2/c1-15(2)12(17)13-9-4-5-10-8(7-9)3-6-11(16)14-10/h4-5,7H,3,6H2,1-2H3,(H,13,17)(H,14,16). The molecule has 0 aliphatic carbocycles. The van der Waals surface area contributed by atoms with Crippen LogP contribution < -0.4 is 10.6 Å². The van der Waals surface area contributed by atoms with Gasteiger partial charge < -0.3 is 15.5 Å². The summed E-state index contributed by atoms with van der Waals surface area (Å²) in [5.74, 6) is 0.0441. The van der Waals surface area contributed by atoms with E-state index in [9.17, 15) is 9.59 Å². The van der Waals surface area contributed by atoms with Crippen molar-refractivity contribution in [3.8, 4) is 0 Å². The van der Waals surface area contributed by atoms with Crippen LogP contribution in [0, 0.1) is 0 Å². The third kappa shape index (κ3) is 2.55. The van der Waals surface area contributed by atoms with Crippen molar-refractivity contribution in [2.45, 2.75) is 12.8 Å². The van der Waals surface area contributed by atoms with Crippen molar-refractivity contribution in [1.29, 1.82) is 0 Å². The topological polar surface area (TPSA) is 61.4 Å². The first-order chi connectivity index (χ1) is 8.06. The first-order valence-corrected chi connectivity index (χ1v) is 5.47. The number of carbonyl (C=O) groups excluding carboxylic acids is 2. The number of urea groups is 1. The molecule has 90 valence electrons. The highest BCUT2D eigenvalue weighted by atomic mass is 16.2. The molecule has 17 heavy (non-hydrogen) atoms. The zero-order chi connectivity index (χ0) is 12.4. The normalized spacial score (nSPS) is 13.6. The number of nitrogens with one attached hydrogen (secondary N) is 2. The maximum Gasteiger partial charge on any atom is 0.321 e. The van der Waals surface area contributed by atoms with Crippen LogP contribution in [0.1, 0.15) is 12.0 Å². The second-order valence-corrected chi connectivity index (χ2v) is 4.24.